The zero-order chi connectivity index (χ0) is 18.9. The molecule has 1 heterocycles. The summed E-state index contributed by atoms with van der Waals surface area (Å²) < 4.78 is 66.1. The van der Waals surface area contributed by atoms with Crippen molar-refractivity contribution in [3.8, 4) is 5.75 Å². The first-order valence-corrected chi connectivity index (χ1v) is 8.20. The molecule has 0 aromatic heterocycles. The topological polar surface area (TPSA) is 56.8 Å². The van der Waals surface area contributed by atoms with Gasteiger partial charge in [0.05, 0.1) is 18.3 Å². The molecule has 3 rings (SSSR count). The van der Waals surface area contributed by atoms with Crippen LogP contribution < -0.4 is 10.1 Å². The van der Waals surface area contributed by atoms with Gasteiger partial charge in [0, 0.05) is 31.6 Å². The Morgan fingerprint density at radius 3 is 2.81 bits per heavy atom. The number of hydrogen-bond donors (Lipinski definition) is 1. The smallest absolute Gasteiger partial charge is 0.427 e. The average Bonchev–Trinajstić information content (AvgIpc) is 3.02. The first kappa shape index (κ1) is 18.9. The maximum atomic E-state index is 13.2. The third-order valence-electron chi connectivity index (χ3n) is 4.82. The molecule has 1 amide bonds. The number of ether oxygens (including phenoxy) is 3. The molecule has 2 aliphatic rings. The van der Waals surface area contributed by atoms with E-state index in [1.165, 1.54) is 25.3 Å². The molecule has 4 atom stereocenters. The molecule has 26 heavy (non-hydrogen) atoms. The number of nitrogens with one attached hydrogen (secondary N) is 1. The van der Waals surface area contributed by atoms with Gasteiger partial charge in [0.2, 0.25) is 0 Å². The van der Waals surface area contributed by atoms with E-state index in [-0.39, 0.29) is 29.5 Å². The minimum Gasteiger partial charge on any atom is -0.427 e. The molecule has 5 nitrogen and oxygen atoms in total. The van der Waals surface area contributed by atoms with E-state index >= 15 is 0 Å². The fraction of sp³-hybridized carbons (Fsp3) is 0.588. The van der Waals surface area contributed by atoms with Gasteiger partial charge >= 0.3 is 12.5 Å². The number of alkyl halides is 4. The Labute approximate surface area is 147 Å². The summed E-state index contributed by atoms with van der Waals surface area (Å²) in [6.07, 6.45) is -7.92. The van der Waals surface area contributed by atoms with Crippen LogP contribution in [-0.2, 0) is 9.47 Å². The van der Waals surface area contributed by atoms with Gasteiger partial charge in [-0.3, -0.25) is 4.79 Å². The molecule has 1 aliphatic heterocycles. The first-order chi connectivity index (χ1) is 12.3. The number of rotatable bonds is 7. The molecule has 1 aromatic carbocycles. The van der Waals surface area contributed by atoms with Crippen molar-refractivity contribution in [2.45, 2.75) is 31.1 Å². The molecule has 1 aliphatic carbocycles. The van der Waals surface area contributed by atoms with Gasteiger partial charge < -0.3 is 19.5 Å². The second-order valence-electron chi connectivity index (χ2n) is 6.37. The van der Waals surface area contributed by atoms with Crippen LogP contribution in [0.1, 0.15) is 16.8 Å². The van der Waals surface area contributed by atoms with E-state index in [2.05, 4.69) is 10.1 Å². The van der Waals surface area contributed by atoms with Crippen molar-refractivity contribution < 1.29 is 36.6 Å². The highest BCUT2D eigenvalue weighted by atomic mass is 19.3. The van der Waals surface area contributed by atoms with Crippen LogP contribution in [0, 0.1) is 11.8 Å². The number of benzene rings is 1. The zero-order valence-corrected chi connectivity index (χ0v) is 14.0. The van der Waals surface area contributed by atoms with Crippen molar-refractivity contribution in [2.24, 2.45) is 11.8 Å². The number of carbonyl (C=O) groups is 1. The van der Waals surface area contributed by atoms with Gasteiger partial charge in [0.25, 0.3) is 5.91 Å². The molecule has 2 fully saturated rings. The number of hydrogen-bond acceptors (Lipinski definition) is 4. The lowest BCUT2D eigenvalue weighted by molar-refractivity contribution is -0.253. The van der Waals surface area contributed by atoms with E-state index in [1.54, 1.807) is 0 Å². The largest absolute Gasteiger partial charge is 0.461 e. The summed E-state index contributed by atoms with van der Waals surface area (Å²) in [6, 6.07) is 4.83. The number of amides is 1. The Kier molecular flexibility index (Phi) is 5.38. The van der Waals surface area contributed by atoms with Crippen molar-refractivity contribution in [3.63, 3.8) is 0 Å². The van der Waals surface area contributed by atoms with Crippen LogP contribution in [0.3, 0.4) is 0 Å². The summed E-state index contributed by atoms with van der Waals surface area (Å²) in [5, 5.41) is 2.78. The maximum Gasteiger partial charge on any atom is 0.461 e. The summed E-state index contributed by atoms with van der Waals surface area (Å²) in [7, 11) is 1.54. The van der Waals surface area contributed by atoms with Gasteiger partial charge in [-0.05, 0) is 18.6 Å². The van der Waals surface area contributed by atoms with Gasteiger partial charge in [0.15, 0.2) is 0 Å². The SMILES string of the molecule is COC[C@@H]1[C@H](NC(=O)c2ccccc2OC(F)(F)C(F)F)[C@@H]2CCO[C@H]12. The molecule has 1 aromatic rings. The lowest BCUT2D eigenvalue weighted by atomic mass is 9.67. The molecular formula is C17H19F4NO4. The minimum atomic E-state index is -4.68. The highest BCUT2D eigenvalue weighted by Gasteiger charge is 2.54. The Balaban J connectivity index is 1.74. The number of fused-ring (bicyclic) bond motifs is 1. The van der Waals surface area contributed by atoms with Gasteiger partial charge in [-0.2, -0.15) is 17.6 Å². The quantitative estimate of drug-likeness (QED) is 0.743. The molecule has 1 N–H and O–H groups in total. The van der Waals surface area contributed by atoms with Crippen LogP contribution in [0.25, 0.3) is 0 Å². The van der Waals surface area contributed by atoms with Crippen molar-refractivity contribution in [1.29, 1.82) is 0 Å². The van der Waals surface area contributed by atoms with Crippen LogP contribution in [0.5, 0.6) is 5.75 Å². The molecule has 1 saturated carbocycles. The van der Waals surface area contributed by atoms with E-state index < -0.39 is 24.2 Å². The maximum absolute atomic E-state index is 13.2. The van der Waals surface area contributed by atoms with E-state index in [0.29, 0.717) is 13.2 Å². The van der Waals surface area contributed by atoms with Crippen molar-refractivity contribution in [3.05, 3.63) is 29.8 Å². The predicted octanol–water partition coefficient (Wildman–Crippen LogP) is 2.70. The van der Waals surface area contributed by atoms with Crippen LogP contribution >= 0.6 is 0 Å². The normalized spacial score (nSPS) is 27.8. The molecule has 144 valence electrons. The van der Waals surface area contributed by atoms with Crippen molar-refractivity contribution in [1.82, 2.24) is 5.32 Å². The standard InChI is InChI=1S/C17H19F4NO4/c1-24-8-11-13(10-6-7-25-14(10)11)22-15(23)9-4-2-3-5-12(9)26-17(20,21)16(18)19/h2-5,10-11,13-14,16H,6-8H2,1H3,(H,22,23)/t10-,11+,13+,14-/m0/s1. The first-order valence-electron chi connectivity index (χ1n) is 8.20. The number of halogens is 4. The van der Waals surface area contributed by atoms with Crippen molar-refractivity contribution >= 4 is 5.91 Å². The fourth-order valence-corrected chi connectivity index (χ4v) is 3.60. The molecule has 9 heteroatoms. The van der Waals surface area contributed by atoms with Crippen LogP contribution in [0.2, 0.25) is 0 Å². The second-order valence-corrected chi connectivity index (χ2v) is 6.37. The van der Waals surface area contributed by atoms with Crippen molar-refractivity contribution in [2.75, 3.05) is 20.3 Å². The van der Waals surface area contributed by atoms with E-state index in [4.69, 9.17) is 9.47 Å². The van der Waals surface area contributed by atoms with E-state index in [0.717, 1.165) is 12.5 Å². The fourth-order valence-electron chi connectivity index (χ4n) is 3.60. The van der Waals surface area contributed by atoms with E-state index in [9.17, 15) is 22.4 Å². The zero-order valence-electron chi connectivity index (χ0n) is 14.0. The highest BCUT2D eigenvalue weighted by Crippen LogP contribution is 2.44. The lowest BCUT2D eigenvalue weighted by Crippen LogP contribution is -2.62. The molecule has 0 bridgehead atoms. The monoisotopic (exact) mass is 377 g/mol. The predicted molar refractivity (Wildman–Crippen MR) is 82.5 cm³/mol. The number of methoxy groups -OCH3 is 1. The molecule has 0 unspecified atom stereocenters. The van der Waals surface area contributed by atoms with E-state index in [1.807, 2.05) is 0 Å². The van der Waals surface area contributed by atoms with Gasteiger partial charge in [0.1, 0.15) is 5.75 Å². The summed E-state index contributed by atoms with van der Waals surface area (Å²) in [5.41, 5.74) is -0.230. The second kappa shape index (κ2) is 7.40. The average molecular weight is 377 g/mol. The van der Waals surface area contributed by atoms with Gasteiger partial charge in [-0.15, -0.1) is 0 Å². The summed E-state index contributed by atoms with van der Waals surface area (Å²) >= 11 is 0. The van der Waals surface area contributed by atoms with Crippen LogP contribution in [0.4, 0.5) is 17.6 Å². The highest BCUT2D eigenvalue weighted by molar-refractivity contribution is 5.97. The molecule has 1 saturated heterocycles. The third kappa shape index (κ3) is 3.50. The Bertz CT molecular complexity index is 657. The number of para-hydroxylation sites is 1. The molecular weight excluding hydrogens is 358 g/mol. The van der Waals surface area contributed by atoms with Crippen LogP contribution in [-0.4, -0.2) is 50.9 Å². The summed E-state index contributed by atoms with van der Waals surface area (Å²) in [6.45, 7) is 0.968. The lowest BCUT2D eigenvalue weighted by Gasteiger charge is -2.47. The van der Waals surface area contributed by atoms with Crippen LogP contribution in [0.15, 0.2) is 24.3 Å². The Morgan fingerprint density at radius 1 is 1.38 bits per heavy atom. The van der Waals surface area contributed by atoms with Gasteiger partial charge in [-0.25, -0.2) is 0 Å². The summed E-state index contributed by atoms with van der Waals surface area (Å²) in [4.78, 5) is 12.6. The summed E-state index contributed by atoms with van der Waals surface area (Å²) in [5.74, 6) is -1.19. The Hall–Kier alpha value is -1.87. The number of carbonyl (C=O) groups excluding carboxylic acids is 1. The molecule has 0 spiro atoms. The third-order valence-corrected chi connectivity index (χ3v) is 4.82. The molecule has 0 radical (unpaired) electrons. The Morgan fingerprint density at radius 2 is 2.12 bits per heavy atom. The minimum absolute atomic E-state index is 0.00471. The van der Waals surface area contributed by atoms with Gasteiger partial charge in [-0.1, -0.05) is 12.1 Å².